The summed E-state index contributed by atoms with van der Waals surface area (Å²) in [5.74, 6) is 0.586. The minimum absolute atomic E-state index is 0.150. The predicted octanol–water partition coefficient (Wildman–Crippen LogP) is -0.113. The van der Waals surface area contributed by atoms with Crippen molar-refractivity contribution in [3.63, 3.8) is 0 Å². The number of aromatic hydroxyl groups is 1. The van der Waals surface area contributed by atoms with Crippen LogP contribution in [0.25, 0.3) is 11.2 Å². The first-order valence-electron chi connectivity index (χ1n) is 7.94. The Morgan fingerprint density at radius 2 is 1.85 bits per heavy atom. The highest BCUT2D eigenvalue weighted by molar-refractivity contribution is 5.85. The van der Waals surface area contributed by atoms with Crippen LogP contribution < -0.4 is 5.32 Å². The molecule has 136 valence electrons. The van der Waals surface area contributed by atoms with Crippen LogP contribution in [0.4, 0.5) is 11.5 Å². The zero-order valence-corrected chi connectivity index (χ0v) is 13.5. The van der Waals surface area contributed by atoms with E-state index in [0.29, 0.717) is 22.7 Å². The number of phenolic OH excluding ortho intramolecular Hbond substituents is 1. The summed E-state index contributed by atoms with van der Waals surface area (Å²) in [6.45, 7) is -0.413. The third-order valence-electron chi connectivity index (χ3n) is 4.28. The molecule has 0 spiro atoms. The summed E-state index contributed by atoms with van der Waals surface area (Å²) in [5, 5.41) is 41.8. The molecular weight excluding hydrogens is 342 g/mol. The Morgan fingerprint density at radius 3 is 2.54 bits per heavy atom. The number of aromatic nitrogens is 4. The van der Waals surface area contributed by atoms with Gasteiger partial charge in [0.25, 0.3) is 0 Å². The first kappa shape index (κ1) is 16.7. The molecule has 26 heavy (non-hydrogen) atoms. The number of benzene rings is 1. The number of anilines is 2. The van der Waals surface area contributed by atoms with Gasteiger partial charge in [-0.1, -0.05) is 0 Å². The van der Waals surface area contributed by atoms with Gasteiger partial charge in [-0.05, 0) is 24.3 Å². The Labute approximate surface area is 147 Å². The zero-order valence-electron chi connectivity index (χ0n) is 13.5. The van der Waals surface area contributed by atoms with Gasteiger partial charge in [0.05, 0.1) is 12.9 Å². The van der Waals surface area contributed by atoms with Crippen molar-refractivity contribution in [2.24, 2.45) is 0 Å². The van der Waals surface area contributed by atoms with Crippen LogP contribution in [-0.4, -0.2) is 64.9 Å². The van der Waals surface area contributed by atoms with Gasteiger partial charge >= 0.3 is 0 Å². The minimum Gasteiger partial charge on any atom is -0.508 e. The molecular formula is C16H17N5O5. The van der Waals surface area contributed by atoms with Crippen molar-refractivity contribution in [1.82, 2.24) is 19.5 Å². The lowest BCUT2D eigenvalue weighted by molar-refractivity contribution is -0.0511. The van der Waals surface area contributed by atoms with Crippen LogP contribution in [0.1, 0.15) is 6.23 Å². The van der Waals surface area contributed by atoms with E-state index in [9.17, 15) is 20.4 Å². The normalized spacial score (nSPS) is 25.7. The predicted molar refractivity (Wildman–Crippen MR) is 89.7 cm³/mol. The van der Waals surface area contributed by atoms with Crippen molar-refractivity contribution < 1.29 is 25.2 Å². The van der Waals surface area contributed by atoms with Crippen molar-refractivity contribution in [2.75, 3.05) is 11.9 Å². The minimum atomic E-state index is -1.23. The maximum Gasteiger partial charge on any atom is 0.167 e. The highest BCUT2D eigenvalue weighted by Gasteiger charge is 2.44. The van der Waals surface area contributed by atoms with Crippen LogP contribution in [0.3, 0.4) is 0 Å². The van der Waals surface area contributed by atoms with E-state index in [2.05, 4.69) is 20.3 Å². The Bertz CT molecular complexity index is 915. The van der Waals surface area contributed by atoms with E-state index >= 15 is 0 Å². The summed E-state index contributed by atoms with van der Waals surface area (Å²) in [6.07, 6.45) is -1.48. The molecule has 4 atom stereocenters. The average molecular weight is 359 g/mol. The molecule has 1 fully saturated rings. The molecule has 0 aliphatic carbocycles. The molecule has 3 aromatic rings. The smallest absolute Gasteiger partial charge is 0.167 e. The molecule has 2 aromatic heterocycles. The maximum atomic E-state index is 10.2. The number of aliphatic hydroxyl groups is 3. The van der Waals surface area contributed by atoms with Gasteiger partial charge in [0.2, 0.25) is 0 Å². The SMILES string of the molecule is OC[C@H]1O[C@@H](n2cnc3c(Nc4ccc(O)cc4)ncnc32)[C@H](O)[C@@H]1O. The summed E-state index contributed by atoms with van der Waals surface area (Å²) in [6, 6.07) is 6.45. The molecule has 3 heterocycles. The van der Waals surface area contributed by atoms with Gasteiger partial charge in [-0.3, -0.25) is 4.57 Å². The number of nitrogens with one attached hydrogen (secondary N) is 1. The largest absolute Gasteiger partial charge is 0.508 e. The van der Waals surface area contributed by atoms with Gasteiger partial charge in [0, 0.05) is 5.69 Å². The average Bonchev–Trinajstić information content (AvgIpc) is 3.19. The van der Waals surface area contributed by atoms with Crippen LogP contribution in [-0.2, 0) is 4.74 Å². The number of aliphatic hydroxyl groups excluding tert-OH is 3. The van der Waals surface area contributed by atoms with Crippen LogP contribution in [0.5, 0.6) is 5.75 Å². The quantitative estimate of drug-likeness (QED) is 0.403. The lowest BCUT2D eigenvalue weighted by Gasteiger charge is -2.16. The molecule has 0 saturated carbocycles. The molecule has 0 radical (unpaired) electrons. The molecule has 1 saturated heterocycles. The monoisotopic (exact) mass is 359 g/mol. The van der Waals surface area contributed by atoms with Gasteiger partial charge in [-0.15, -0.1) is 0 Å². The Kier molecular flexibility index (Phi) is 4.17. The lowest BCUT2D eigenvalue weighted by atomic mass is 10.1. The molecule has 1 aliphatic rings. The van der Waals surface area contributed by atoms with Crippen LogP contribution in [0.15, 0.2) is 36.9 Å². The number of rotatable bonds is 4. The third-order valence-corrected chi connectivity index (χ3v) is 4.28. The first-order chi connectivity index (χ1) is 12.6. The van der Waals surface area contributed by atoms with Crippen molar-refractivity contribution in [2.45, 2.75) is 24.5 Å². The van der Waals surface area contributed by atoms with E-state index in [1.54, 1.807) is 24.3 Å². The summed E-state index contributed by atoms with van der Waals surface area (Å²) in [5.41, 5.74) is 1.54. The number of hydrogen-bond donors (Lipinski definition) is 5. The molecule has 5 N–H and O–H groups in total. The fourth-order valence-electron chi connectivity index (χ4n) is 2.92. The van der Waals surface area contributed by atoms with E-state index in [4.69, 9.17) is 4.74 Å². The Hall–Kier alpha value is -2.79. The fourth-order valence-corrected chi connectivity index (χ4v) is 2.92. The van der Waals surface area contributed by atoms with Crippen LogP contribution >= 0.6 is 0 Å². The van der Waals surface area contributed by atoms with Gasteiger partial charge in [-0.2, -0.15) is 0 Å². The number of phenols is 1. The number of imidazole rings is 1. The molecule has 0 bridgehead atoms. The van der Waals surface area contributed by atoms with Gasteiger partial charge in [0.15, 0.2) is 23.2 Å². The lowest BCUT2D eigenvalue weighted by Crippen LogP contribution is -2.33. The topological polar surface area (TPSA) is 146 Å². The van der Waals surface area contributed by atoms with E-state index in [0.717, 1.165) is 0 Å². The van der Waals surface area contributed by atoms with E-state index < -0.39 is 31.1 Å². The van der Waals surface area contributed by atoms with Crippen molar-refractivity contribution >= 4 is 22.7 Å². The van der Waals surface area contributed by atoms with Crippen molar-refractivity contribution in [3.05, 3.63) is 36.9 Å². The third kappa shape index (κ3) is 2.74. The first-order valence-corrected chi connectivity index (χ1v) is 7.94. The van der Waals surface area contributed by atoms with Crippen molar-refractivity contribution in [3.8, 4) is 5.75 Å². The van der Waals surface area contributed by atoms with Crippen molar-refractivity contribution in [1.29, 1.82) is 0 Å². The molecule has 0 unspecified atom stereocenters. The highest BCUT2D eigenvalue weighted by Crippen LogP contribution is 2.32. The Balaban J connectivity index is 1.68. The molecule has 4 rings (SSSR count). The standard InChI is InChI=1S/C16H17N5O5/c22-5-10-12(24)13(25)16(26-10)21-7-19-11-14(17-6-18-15(11)21)20-8-1-3-9(23)4-2-8/h1-4,6-7,10,12-13,16,22-25H,5H2,(H,17,18,20)/t10-,12-,13-,16-/m1/s1. The van der Waals surface area contributed by atoms with Gasteiger partial charge in [-0.25, -0.2) is 15.0 Å². The van der Waals surface area contributed by atoms with E-state index in [1.165, 1.54) is 17.2 Å². The highest BCUT2D eigenvalue weighted by atomic mass is 16.6. The number of ether oxygens (including phenoxy) is 1. The maximum absolute atomic E-state index is 10.2. The molecule has 1 aliphatic heterocycles. The summed E-state index contributed by atoms with van der Waals surface area (Å²) in [7, 11) is 0. The van der Waals surface area contributed by atoms with Gasteiger partial charge in [0.1, 0.15) is 30.4 Å². The summed E-state index contributed by atoms with van der Waals surface area (Å²) >= 11 is 0. The second kappa shape index (κ2) is 6.50. The molecule has 10 heteroatoms. The number of fused-ring (bicyclic) bond motifs is 1. The molecule has 10 nitrogen and oxygen atoms in total. The molecule has 0 amide bonds. The summed E-state index contributed by atoms with van der Waals surface area (Å²) in [4.78, 5) is 12.6. The van der Waals surface area contributed by atoms with Gasteiger partial charge < -0.3 is 30.5 Å². The second-order valence-corrected chi connectivity index (χ2v) is 5.95. The summed E-state index contributed by atoms with van der Waals surface area (Å²) < 4.78 is 7.01. The number of hydrogen-bond acceptors (Lipinski definition) is 9. The van der Waals surface area contributed by atoms with E-state index in [1.807, 2.05) is 0 Å². The molecule has 1 aromatic carbocycles. The Morgan fingerprint density at radius 1 is 1.08 bits per heavy atom. The number of nitrogens with zero attached hydrogens (tertiary/aromatic N) is 4. The van der Waals surface area contributed by atoms with E-state index in [-0.39, 0.29) is 5.75 Å². The fraction of sp³-hybridized carbons (Fsp3) is 0.312. The van der Waals surface area contributed by atoms with Crippen LogP contribution in [0, 0.1) is 0 Å². The van der Waals surface area contributed by atoms with Crippen LogP contribution in [0.2, 0.25) is 0 Å². The second-order valence-electron chi connectivity index (χ2n) is 5.95. The zero-order chi connectivity index (χ0) is 18.3.